The standard InChI is InChI=1S/C15H22O/c1-12(2)8-10-15(16)11-9-14-7-5-4-6-13(14)3/h4-7,12H,8-11H2,1-3H3. The van der Waals surface area contributed by atoms with E-state index in [1.165, 1.54) is 11.1 Å². The second-order valence-corrected chi connectivity index (χ2v) is 4.90. The van der Waals surface area contributed by atoms with Crippen LogP contribution in [-0.4, -0.2) is 5.78 Å². The maximum absolute atomic E-state index is 11.6. The van der Waals surface area contributed by atoms with Gasteiger partial charge in [-0.1, -0.05) is 38.1 Å². The van der Waals surface area contributed by atoms with Gasteiger partial charge in [0, 0.05) is 12.8 Å². The van der Waals surface area contributed by atoms with Gasteiger partial charge in [-0.2, -0.15) is 0 Å². The zero-order valence-corrected chi connectivity index (χ0v) is 10.6. The molecule has 1 rings (SSSR count). The van der Waals surface area contributed by atoms with E-state index in [1.54, 1.807) is 0 Å². The molecular formula is C15H22O. The zero-order chi connectivity index (χ0) is 12.0. The van der Waals surface area contributed by atoms with Crippen molar-refractivity contribution < 1.29 is 4.79 Å². The Hall–Kier alpha value is -1.11. The molecule has 0 radical (unpaired) electrons. The minimum atomic E-state index is 0.400. The molecule has 1 aromatic rings. The third-order valence-electron chi connectivity index (χ3n) is 2.93. The fraction of sp³-hybridized carbons (Fsp3) is 0.533. The van der Waals surface area contributed by atoms with Crippen LogP contribution in [0.3, 0.4) is 0 Å². The van der Waals surface area contributed by atoms with Gasteiger partial charge in [-0.15, -0.1) is 0 Å². The lowest BCUT2D eigenvalue weighted by Crippen LogP contribution is -2.03. The second-order valence-electron chi connectivity index (χ2n) is 4.90. The van der Waals surface area contributed by atoms with Crippen LogP contribution >= 0.6 is 0 Å². The minimum Gasteiger partial charge on any atom is -0.300 e. The number of Topliss-reactive ketones (excluding diaryl/α,β-unsaturated/α-hetero) is 1. The Morgan fingerprint density at radius 1 is 1.19 bits per heavy atom. The first-order valence-corrected chi connectivity index (χ1v) is 6.16. The van der Waals surface area contributed by atoms with Crippen molar-refractivity contribution in [1.29, 1.82) is 0 Å². The summed E-state index contributed by atoms with van der Waals surface area (Å²) in [4.78, 5) is 11.6. The van der Waals surface area contributed by atoms with E-state index in [-0.39, 0.29) is 0 Å². The molecular weight excluding hydrogens is 196 g/mol. The molecule has 16 heavy (non-hydrogen) atoms. The minimum absolute atomic E-state index is 0.400. The highest BCUT2D eigenvalue weighted by Crippen LogP contribution is 2.12. The number of hydrogen-bond acceptors (Lipinski definition) is 1. The van der Waals surface area contributed by atoms with Crippen molar-refractivity contribution in [3.8, 4) is 0 Å². The molecule has 0 N–H and O–H groups in total. The van der Waals surface area contributed by atoms with Gasteiger partial charge in [0.25, 0.3) is 0 Å². The first-order valence-electron chi connectivity index (χ1n) is 6.16. The smallest absolute Gasteiger partial charge is 0.133 e. The highest BCUT2D eigenvalue weighted by molar-refractivity contribution is 5.78. The number of carbonyl (C=O) groups excluding carboxylic acids is 1. The average Bonchev–Trinajstić information content (AvgIpc) is 2.25. The number of benzene rings is 1. The van der Waals surface area contributed by atoms with Crippen molar-refractivity contribution in [1.82, 2.24) is 0 Å². The van der Waals surface area contributed by atoms with Crippen molar-refractivity contribution in [2.45, 2.75) is 46.5 Å². The van der Waals surface area contributed by atoms with Gasteiger partial charge in [0.2, 0.25) is 0 Å². The van der Waals surface area contributed by atoms with Crippen LogP contribution in [0.25, 0.3) is 0 Å². The quantitative estimate of drug-likeness (QED) is 0.707. The molecule has 0 atom stereocenters. The molecule has 0 aromatic heterocycles. The van der Waals surface area contributed by atoms with Gasteiger partial charge in [-0.3, -0.25) is 4.79 Å². The van der Waals surface area contributed by atoms with Gasteiger partial charge in [0.1, 0.15) is 5.78 Å². The number of ketones is 1. The van der Waals surface area contributed by atoms with Gasteiger partial charge in [-0.05, 0) is 36.8 Å². The zero-order valence-electron chi connectivity index (χ0n) is 10.6. The lowest BCUT2D eigenvalue weighted by atomic mass is 9.99. The molecule has 0 heterocycles. The van der Waals surface area contributed by atoms with Crippen LogP contribution in [0.5, 0.6) is 0 Å². The van der Waals surface area contributed by atoms with Gasteiger partial charge >= 0.3 is 0 Å². The monoisotopic (exact) mass is 218 g/mol. The Kier molecular flexibility index (Phi) is 5.24. The van der Waals surface area contributed by atoms with Crippen LogP contribution in [0.1, 0.15) is 44.2 Å². The highest BCUT2D eigenvalue weighted by Gasteiger charge is 2.05. The SMILES string of the molecule is Cc1ccccc1CCC(=O)CCC(C)C. The first-order chi connectivity index (χ1) is 7.59. The summed E-state index contributed by atoms with van der Waals surface area (Å²) >= 11 is 0. The topological polar surface area (TPSA) is 17.1 Å². The third-order valence-corrected chi connectivity index (χ3v) is 2.93. The third kappa shape index (κ3) is 4.61. The fourth-order valence-corrected chi connectivity index (χ4v) is 1.74. The number of carbonyl (C=O) groups is 1. The van der Waals surface area contributed by atoms with Crippen molar-refractivity contribution in [2.75, 3.05) is 0 Å². The molecule has 0 aliphatic carbocycles. The summed E-state index contributed by atoms with van der Waals surface area (Å²) in [6, 6.07) is 8.30. The second kappa shape index (κ2) is 6.47. The summed E-state index contributed by atoms with van der Waals surface area (Å²) in [7, 11) is 0. The van der Waals surface area contributed by atoms with E-state index in [0.717, 1.165) is 19.3 Å². The Labute approximate surface area is 98.9 Å². The Morgan fingerprint density at radius 2 is 1.88 bits per heavy atom. The normalized spacial score (nSPS) is 10.8. The fourth-order valence-electron chi connectivity index (χ4n) is 1.74. The number of aryl methyl sites for hydroxylation is 2. The van der Waals surface area contributed by atoms with Crippen molar-refractivity contribution in [2.24, 2.45) is 5.92 Å². The predicted molar refractivity (Wildman–Crippen MR) is 68.6 cm³/mol. The summed E-state index contributed by atoms with van der Waals surface area (Å²) in [6.07, 6.45) is 3.34. The van der Waals surface area contributed by atoms with E-state index in [9.17, 15) is 4.79 Å². The van der Waals surface area contributed by atoms with Crippen LogP contribution in [0.4, 0.5) is 0 Å². The van der Waals surface area contributed by atoms with E-state index in [4.69, 9.17) is 0 Å². The predicted octanol–water partition coefficient (Wildman–Crippen LogP) is 3.93. The Bertz CT molecular complexity index is 339. The van der Waals surface area contributed by atoms with Gasteiger partial charge in [-0.25, -0.2) is 0 Å². The molecule has 0 unspecified atom stereocenters. The summed E-state index contributed by atoms with van der Waals surface area (Å²) < 4.78 is 0. The maximum atomic E-state index is 11.6. The molecule has 0 amide bonds. The van der Waals surface area contributed by atoms with E-state index < -0.39 is 0 Å². The summed E-state index contributed by atoms with van der Waals surface area (Å²) in [5, 5.41) is 0. The van der Waals surface area contributed by atoms with Gasteiger partial charge in [0.15, 0.2) is 0 Å². The Balaban J connectivity index is 2.35. The molecule has 0 saturated heterocycles. The number of rotatable bonds is 6. The van der Waals surface area contributed by atoms with Crippen LogP contribution in [0.2, 0.25) is 0 Å². The summed E-state index contributed by atoms with van der Waals surface area (Å²) in [5.74, 6) is 1.03. The molecule has 0 spiro atoms. The molecule has 0 bridgehead atoms. The van der Waals surface area contributed by atoms with Gasteiger partial charge < -0.3 is 0 Å². The van der Waals surface area contributed by atoms with Crippen LogP contribution < -0.4 is 0 Å². The van der Waals surface area contributed by atoms with Gasteiger partial charge in [0.05, 0.1) is 0 Å². The average molecular weight is 218 g/mol. The van der Waals surface area contributed by atoms with Crippen LogP contribution in [0.15, 0.2) is 24.3 Å². The molecule has 0 aliphatic rings. The lowest BCUT2D eigenvalue weighted by molar-refractivity contribution is -0.119. The van der Waals surface area contributed by atoms with Crippen molar-refractivity contribution >= 4 is 5.78 Å². The molecule has 88 valence electrons. The van der Waals surface area contributed by atoms with E-state index in [1.807, 2.05) is 12.1 Å². The van der Waals surface area contributed by atoms with Crippen molar-refractivity contribution in [3.63, 3.8) is 0 Å². The maximum Gasteiger partial charge on any atom is 0.133 e. The van der Waals surface area contributed by atoms with E-state index in [2.05, 4.69) is 32.9 Å². The highest BCUT2D eigenvalue weighted by atomic mass is 16.1. The van der Waals surface area contributed by atoms with Crippen LogP contribution in [-0.2, 0) is 11.2 Å². The molecule has 0 saturated carbocycles. The Morgan fingerprint density at radius 3 is 2.50 bits per heavy atom. The van der Waals surface area contributed by atoms with E-state index >= 15 is 0 Å². The molecule has 1 heteroatoms. The number of hydrogen-bond donors (Lipinski definition) is 0. The summed E-state index contributed by atoms with van der Waals surface area (Å²) in [6.45, 7) is 6.43. The molecule has 0 fully saturated rings. The largest absolute Gasteiger partial charge is 0.300 e. The molecule has 0 aliphatic heterocycles. The first kappa shape index (κ1) is 13.0. The lowest BCUT2D eigenvalue weighted by Gasteiger charge is -2.06. The van der Waals surface area contributed by atoms with Crippen molar-refractivity contribution in [3.05, 3.63) is 35.4 Å². The molecule has 1 nitrogen and oxygen atoms in total. The van der Waals surface area contributed by atoms with Crippen LogP contribution in [0, 0.1) is 12.8 Å². The van der Waals surface area contributed by atoms with E-state index in [0.29, 0.717) is 18.1 Å². The molecule has 1 aromatic carbocycles. The summed E-state index contributed by atoms with van der Waals surface area (Å²) in [5.41, 5.74) is 2.60.